The van der Waals surface area contributed by atoms with Crippen LogP contribution >= 0.6 is 19.2 Å². The molecule has 0 fully saturated rings. The first-order chi connectivity index (χ1) is 14.2. The Hall–Kier alpha value is -2.43. The summed E-state index contributed by atoms with van der Waals surface area (Å²) < 4.78 is 16.6. The Labute approximate surface area is 177 Å². The number of rotatable bonds is 7. The molecular weight excluding hydrogens is 429 g/mol. The molecular formula is C18H22N5O5PS. The van der Waals surface area contributed by atoms with Crippen molar-refractivity contribution >= 4 is 40.5 Å². The molecule has 3 aromatic rings. The highest BCUT2D eigenvalue weighted by atomic mass is 32.1. The Kier molecular flexibility index (Phi) is 6.79. The van der Waals surface area contributed by atoms with E-state index in [0.717, 1.165) is 33.3 Å². The van der Waals surface area contributed by atoms with Gasteiger partial charge in [-0.25, -0.2) is 24.3 Å². The molecule has 0 saturated heterocycles. The molecule has 0 aliphatic rings. The van der Waals surface area contributed by atoms with Gasteiger partial charge in [-0.05, 0) is 43.5 Å². The van der Waals surface area contributed by atoms with Crippen molar-refractivity contribution in [2.75, 3.05) is 11.9 Å². The zero-order valence-electron chi connectivity index (χ0n) is 16.6. The Morgan fingerprint density at radius 2 is 1.93 bits per heavy atom. The summed E-state index contributed by atoms with van der Waals surface area (Å²) in [6.07, 6.45) is 2.97. The van der Waals surface area contributed by atoms with Crippen LogP contribution in [-0.4, -0.2) is 37.3 Å². The maximum absolute atomic E-state index is 11.8. The van der Waals surface area contributed by atoms with Gasteiger partial charge in [-0.3, -0.25) is 9.84 Å². The van der Waals surface area contributed by atoms with E-state index in [1.807, 2.05) is 26.0 Å². The van der Waals surface area contributed by atoms with Gasteiger partial charge in [0.1, 0.15) is 6.10 Å². The Morgan fingerprint density at radius 3 is 2.53 bits per heavy atom. The van der Waals surface area contributed by atoms with Gasteiger partial charge in [-0.2, -0.15) is 0 Å². The number of phosphoric ester groups is 1. The lowest BCUT2D eigenvalue weighted by Crippen LogP contribution is -2.28. The predicted octanol–water partition coefficient (Wildman–Crippen LogP) is 3.63. The molecule has 10 nitrogen and oxygen atoms in total. The molecule has 0 bridgehead atoms. The molecule has 160 valence electrons. The maximum atomic E-state index is 11.8. The van der Waals surface area contributed by atoms with Crippen LogP contribution in [0.4, 0.5) is 9.93 Å². The standard InChI is InChI=1S/C18H22N5O5PS/c1-4-11-6-12(7-14-15(11)30-18(22-14)23-17(24)19-5-2)13-8-20-16(21-9-13)10(3)28-29(25,26)27/h6-10H,4-5H2,1-3H3,(H2,25,26,27)(H2,19,22,23,24). The maximum Gasteiger partial charge on any atom is 0.470 e. The molecule has 0 saturated carbocycles. The van der Waals surface area contributed by atoms with Gasteiger partial charge in [0.2, 0.25) is 0 Å². The van der Waals surface area contributed by atoms with Gasteiger partial charge < -0.3 is 15.1 Å². The van der Waals surface area contributed by atoms with E-state index in [1.54, 1.807) is 12.4 Å². The third-order valence-electron chi connectivity index (χ3n) is 4.17. The molecule has 2 aromatic heterocycles. The lowest BCUT2D eigenvalue weighted by Gasteiger charge is -2.12. The molecule has 1 unspecified atom stereocenters. The zero-order chi connectivity index (χ0) is 21.9. The van der Waals surface area contributed by atoms with Crippen molar-refractivity contribution in [3.05, 3.63) is 35.9 Å². The van der Waals surface area contributed by atoms with Crippen LogP contribution in [0, 0.1) is 0 Å². The lowest BCUT2D eigenvalue weighted by atomic mass is 10.0. The topological polar surface area (TPSA) is 147 Å². The number of aryl methyl sites for hydroxylation is 1. The summed E-state index contributed by atoms with van der Waals surface area (Å²) in [5.41, 5.74) is 3.41. The smallest absolute Gasteiger partial charge is 0.338 e. The molecule has 2 amide bonds. The van der Waals surface area contributed by atoms with Crippen molar-refractivity contribution < 1.29 is 23.7 Å². The summed E-state index contributed by atoms with van der Waals surface area (Å²) in [7, 11) is -4.63. The second kappa shape index (κ2) is 9.15. The molecule has 3 rings (SSSR count). The third kappa shape index (κ3) is 5.38. The monoisotopic (exact) mass is 451 g/mol. The van der Waals surface area contributed by atoms with Crippen molar-refractivity contribution in [3.63, 3.8) is 0 Å². The van der Waals surface area contributed by atoms with Crippen molar-refractivity contribution in [1.82, 2.24) is 20.3 Å². The van der Waals surface area contributed by atoms with Gasteiger partial charge in [0.15, 0.2) is 11.0 Å². The number of hydrogen-bond acceptors (Lipinski definition) is 7. The highest BCUT2D eigenvalue weighted by molar-refractivity contribution is 7.46. The van der Waals surface area contributed by atoms with Gasteiger partial charge in [-0.15, -0.1) is 0 Å². The SMILES string of the molecule is CCNC(=O)Nc1nc2cc(-c3cnc(C(C)OP(=O)(O)O)nc3)cc(CC)c2s1. The molecule has 1 aromatic carbocycles. The fourth-order valence-corrected chi connectivity index (χ4v) is 4.37. The molecule has 1 atom stereocenters. The van der Waals surface area contributed by atoms with Gasteiger partial charge >= 0.3 is 13.9 Å². The van der Waals surface area contributed by atoms with Gasteiger partial charge in [0.05, 0.1) is 10.2 Å². The van der Waals surface area contributed by atoms with E-state index in [-0.39, 0.29) is 11.9 Å². The van der Waals surface area contributed by atoms with E-state index in [2.05, 4.69) is 30.1 Å². The highest BCUT2D eigenvalue weighted by Crippen LogP contribution is 2.41. The second-order valence-corrected chi connectivity index (χ2v) is 8.60. The average Bonchev–Trinajstić information content (AvgIpc) is 3.08. The number of aromatic nitrogens is 3. The van der Waals surface area contributed by atoms with E-state index < -0.39 is 13.9 Å². The number of thiazole rings is 1. The number of carbonyl (C=O) groups excluding carboxylic acids is 1. The number of hydrogen-bond donors (Lipinski definition) is 4. The van der Waals surface area contributed by atoms with Crippen molar-refractivity contribution in [3.8, 4) is 11.1 Å². The van der Waals surface area contributed by atoms with Gasteiger partial charge in [0.25, 0.3) is 0 Å². The summed E-state index contributed by atoms with van der Waals surface area (Å²) >= 11 is 1.41. The van der Waals surface area contributed by atoms with E-state index in [1.165, 1.54) is 18.3 Å². The minimum absolute atomic E-state index is 0.168. The number of carbonyl (C=O) groups is 1. The van der Waals surface area contributed by atoms with Crippen LogP contribution in [0.5, 0.6) is 0 Å². The van der Waals surface area contributed by atoms with Gasteiger partial charge in [0, 0.05) is 24.5 Å². The molecule has 0 radical (unpaired) electrons. The normalized spacial score (nSPS) is 12.7. The first-order valence-electron chi connectivity index (χ1n) is 9.24. The van der Waals surface area contributed by atoms with Crippen molar-refractivity contribution in [1.29, 1.82) is 0 Å². The molecule has 0 aliphatic heterocycles. The molecule has 12 heteroatoms. The first kappa shape index (κ1) is 22.3. The zero-order valence-corrected chi connectivity index (χ0v) is 18.3. The average molecular weight is 451 g/mol. The first-order valence-corrected chi connectivity index (χ1v) is 11.6. The minimum atomic E-state index is -4.63. The lowest BCUT2D eigenvalue weighted by molar-refractivity contribution is 0.140. The molecule has 0 spiro atoms. The van der Waals surface area contributed by atoms with Crippen LogP contribution in [-0.2, 0) is 15.5 Å². The predicted molar refractivity (Wildman–Crippen MR) is 114 cm³/mol. The number of amides is 2. The van der Waals surface area contributed by atoms with Crippen LogP contribution in [0.25, 0.3) is 21.3 Å². The summed E-state index contributed by atoms with van der Waals surface area (Å²) in [6, 6.07) is 3.61. The Bertz CT molecular complexity index is 1100. The van der Waals surface area contributed by atoms with E-state index in [0.29, 0.717) is 11.7 Å². The second-order valence-electron chi connectivity index (χ2n) is 6.41. The Morgan fingerprint density at radius 1 is 1.23 bits per heavy atom. The molecule has 4 N–H and O–H groups in total. The number of nitrogens with one attached hydrogen (secondary N) is 2. The van der Waals surface area contributed by atoms with E-state index in [4.69, 9.17) is 9.79 Å². The van der Waals surface area contributed by atoms with Crippen LogP contribution in [0.2, 0.25) is 0 Å². The number of benzene rings is 1. The number of fused-ring (bicyclic) bond motifs is 1. The molecule has 2 heterocycles. The van der Waals surface area contributed by atoms with Crippen molar-refractivity contribution in [2.45, 2.75) is 33.3 Å². The van der Waals surface area contributed by atoms with Gasteiger partial charge in [-0.1, -0.05) is 18.3 Å². The summed E-state index contributed by atoms with van der Waals surface area (Å²) in [4.78, 5) is 42.5. The highest BCUT2D eigenvalue weighted by Gasteiger charge is 2.22. The fourth-order valence-electron chi connectivity index (χ4n) is 2.84. The van der Waals surface area contributed by atoms with Crippen LogP contribution in [0.15, 0.2) is 24.5 Å². The van der Waals surface area contributed by atoms with Crippen molar-refractivity contribution in [2.24, 2.45) is 0 Å². The number of urea groups is 1. The Balaban J connectivity index is 1.90. The third-order valence-corrected chi connectivity index (χ3v) is 5.82. The molecule has 30 heavy (non-hydrogen) atoms. The van der Waals surface area contributed by atoms with Crippen LogP contribution in [0.1, 0.15) is 38.3 Å². The fraction of sp³-hybridized carbons (Fsp3) is 0.333. The number of anilines is 1. The van der Waals surface area contributed by atoms with Crippen LogP contribution in [0.3, 0.4) is 0 Å². The number of nitrogens with zero attached hydrogens (tertiary/aromatic N) is 3. The summed E-state index contributed by atoms with van der Waals surface area (Å²) in [5.74, 6) is 0.168. The molecule has 0 aliphatic carbocycles. The van der Waals surface area contributed by atoms with Crippen LogP contribution < -0.4 is 10.6 Å². The summed E-state index contributed by atoms with van der Waals surface area (Å²) in [5, 5.41) is 5.92. The number of phosphoric acid groups is 1. The summed E-state index contributed by atoms with van der Waals surface area (Å²) in [6.45, 7) is 5.87. The van der Waals surface area contributed by atoms with E-state index >= 15 is 0 Å². The largest absolute Gasteiger partial charge is 0.470 e. The van der Waals surface area contributed by atoms with E-state index in [9.17, 15) is 9.36 Å². The quantitative estimate of drug-likeness (QED) is 0.398. The minimum Gasteiger partial charge on any atom is -0.338 e.